The quantitative estimate of drug-likeness (QED) is 0.335. The molecule has 0 amide bonds. The van der Waals surface area contributed by atoms with E-state index in [4.69, 9.17) is 5.84 Å². The Morgan fingerprint density at radius 1 is 1.60 bits per heavy atom. The fourth-order valence-corrected chi connectivity index (χ4v) is 0.513. The zero-order valence-corrected chi connectivity index (χ0v) is 5.38. The molecule has 0 bridgehead atoms. The van der Waals surface area contributed by atoms with Gasteiger partial charge in [-0.2, -0.15) is 0 Å². The molecule has 0 aliphatic heterocycles. The van der Waals surface area contributed by atoms with Crippen LogP contribution in [0.3, 0.4) is 0 Å². The first-order valence-corrected chi connectivity index (χ1v) is 2.64. The number of nitrogens with zero attached hydrogens (tertiary/aromatic N) is 2. The van der Waals surface area contributed by atoms with E-state index in [1.165, 1.54) is 0 Å². The number of hydrazine groups is 1. The third-order valence-corrected chi connectivity index (χ3v) is 0.946. The van der Waals surface area contributed by atoms with Crippen molar-refractivity contribution >= 4 is 5.82 Å². The van der Waals surface area contributed by atoms with E-state index in [1.807, 2.05) is 0 Å². The number of nitrogens with two attached hydrogens (primary N) is 1. The van der Waals surface area contributed by atoms with Crippen molar-refractivity contribution in [2.45, 2.75) is 6.92 Å². The maximum atomic E-state index is 10.8. The number of hydrogen-bond donors (Lipinski definition) is 3. The third kappa shape index (κ3) is 1.11. The molecule has 0 saturated carbocycles. The van der Waals surface area contributed by atoms with Crippen molar-refractivity contribution in [1.29, 1.82) is 0 Å². The van der Waals surface area contributed by atoms with Crippen molar-refractivity contribution in [2.24, 2.45) is 5.84 Å². The number of hydrogen-bond acceptors (Lipinski definition) is 5. The molecule has 0 fully saturated rings. The number of nitrogen functional groups attached to an aromatic ring is 1. The molecule has 1 rings (SSSR count). The van der Waals surface area contributed by atoms with E-state index in [2.05, 4.69) is 20.6 Å². The van der Waals surface area contributed by atoms with Crippen molar-refractivity contribution < 1.29 is 0 Å². The molecule has 1 aromatic heterocycles. The van der Waals surface area contributed by atoms with E-state index in [0.717, 1.165) is 0 Å². The largest absolute Gasteiger partial charge is 0.306 e. The Balaban J connectivity index is 3.20. The average Bonchev–Trinajstić information content (AvgIpc) is 1.88. The molecular weight excluding hydrogens is 134 g/mol. The summed E-state index contributed by atoms with van der Waals surface area (Å²) in [6.07, 6.45) is 0. The van der Waals surface area contributed by atoms with Crippen LogP contribution in [-0.2, 0) is 0 Å². The van der Waals surface area contributed by atoms with Gasteiger partial charge in [0.05, 0.1) is 0 Å². The number of aromatic nitrogens is 3. The Kier molecular flexibility index (Phi) is 1.63. The molecule has 6 heteroatoms. The number of aryl methyl sites for hydroxylation is 1. The maximum Gasteiger partial charge on any atom is 0.295 e. The van der Waals surface area contributed by atoms with Gasteiger partial charge in [-0.25, -0.2) is 5.84 Å². The summed E-state index contributed by atoms with van der Waals surface area (Å²) < 4.78 is 0. The van der Waals surface area contributed by atoms with Crippen LogP contribution in [0.2, 0.25) is 0 Å². The SMILES string of the molecule is Cc1nnc(NN)c(=O)[nH]1. The van der Waals surface area contributed by atoms with Crippen LogP contribution in [-0.4, -0.2) is 15.2 Å². The summed E-state index contributed by atoms with van der Waals surface area (Å²) in [5.41, 5.74) is 1.74. The summed E-state index contributed by atoms with van der Waals surface area (Å²) in [6, 6.07) is 0. The Labute approximate surface area is 56.4 Å². The highest BCUT2D eigenvalue weighted by molar-refractivity contribution is 5.26. The maximum absolute atomic E-state index is 10.8. The van der Waals surface area contributed by atoms with E-state index < -0.39 is 0 Å². The van der Waals surface area contributed by atoms with Gasteiger partial charge in [0.2, 0.25) is 5.82 Å². The second-order valence-corrected chi connectivity index (χ2v) is 1.73. The van der Waals surface area contributed by atoms with Crippen LogP contribution in [0, 0.1) is 6.92 Å². The van der Waals surface area contributed by atoms with Crippen molar-refractivity contribution in [1.82, 2.24) is 15.2 Å². The standard InChI is InChI=1S/C4H7N5O/c1-2-6-4(10)3(7-5)9-8-2/h5H2,1H3,(H,7,9)(H,6,8,10). The van der Waals surface area contributed by atoms with E-state index in [1.54, 1.807) is 6.92 Å². The first kappa shape index (κ1) is 6.69. The number of nitrogens with one attached hydrogen (secondary N) is 2. The Bertz CT molecular complexity index is 279. The fraction of sp³-hybridized carbons (Fsp3) is 0.250. The minimum Gasteiger partial charge on any atom is -0.306 e. The fourth-order valence-electron chi connectivity index (χ4n) is 0.513. The lowest BCUT2D eigenvalue weighted by atomic mass is 10.6. The lowest BCUT2D eigenvalue weighted by molar-refractivity contribution is 0.884. The molecule has 0 saturated heterocycles. The first-order valence-electron chi connectivity index (χ1n) is 2.64. The lowest BCUT2D eigenvalue weighted by Crippen LogP contribution is -2.21. The summed E-state index contributed by atoms with van der Waals surface area (Å²) in [4.78, 5) is 13.2. The van der Waals surface area contributed by atoms with E-state index in [-0.39, 0.29) is 11.4 Å². The van der Waals surface area contributed by atoms with E-state index >= 15 is 0 Å². The van der Waals surface area contributed by atoms with Gasteiger partial charge in [0.1, 0.15) is 5.82 Å². The first-order chi connectivity index (χ1) is 4.74. The molecule has 0 aliphatic carbocycles. The zero-order chi connectivity index (χ0) is 7.56. The molecule has 0 radical (unpaired) electrons. The van der Waals surface area contributed by atoms with Gasteiger partial charge in [0.25, 0.3) is 5.56 Å². The highest BCUT2D eigenvalue weighted by Crippen LogP contribution is 1.83. The second-order valence-electron chi connectivity index (χ2n) is 1.73. The molecular formula is C4H7N5O. The van der Waals surface area contributed by atoms with Crippen LogP contribution in [0.25, 0.3) is 0 Å². The van der Waals surface area contributed by atoms with Gasteiger partial charge in [0, 0.05) is 0 Å². The minimum atomic E-state index is -0.366. The predicted molar refractivity (Wildman–Crippen MR) is 35.2 cm³/mol. The van der Waals surface area contributed by atoms with Crippen molar-refractivity contribution in [3.8, 4) is 0 Å². The second kappa shape index (κ2) is 2.44. The van der Waals surface area contributed by atoms with E-state index in [9.17, 15) is 4.79 Å². The number of anilines is 1. The van der Waals surface area contributed by atoms with Crippen LogP contribution >= 0.6 is 0 Å². The van der Waals surface area contributed by atoms with Crippen LogP contribution in [0.4, 0.5) is 5.82 Å². The summed E-state index contributed by atoms with van der Waals surface area (Å²) >= 11 is 0. The van der Waals surface area contributed by atoms with Crippen LogP contribution < -0.4 is 16.8 Å². The normalized spacial score (nSPS) is 9.40. The van der Waals surface area contributed by atoms with Gasteiger partial charge in [-0.1, -0.05) is 0 Å². The summed E-state index contributed by atoms with van der Waals surface area (Å²) in [6.45, 7) is 1.63. The molecule has 6 nitrogen and oxygen atoms in total. The molecule has 10 heavy (non-hydrogen) atoms. The highest BCUT2D eigenvalue weighted by Gasteiger charge is 1.97. The predicted octanol–water partition coefficient (Wildman–Crippen LogP) is -1.24. The smallest absolute Gasteiger partial charge is 0.295 e. The molecule has 54 valence electrons. The highest BCUT2D eigenvalue weighted by atomic mass is 16.1. The Morgan fingerprint density at radius 3 is 2.80 bits per heavy atom. The molecule has 4 N–H and O–H groups in total. The summed E-state index contributed by atoms with van der Waals surface area (Å²) in [5, 5.41) is 7.03. The zero-order valence-electron chi connectivity index (χ0n) is 5.38. The summed E-state index contributed by atoms with van der Waals surface area (Å²) in [5.74, 6) is 5.41. The van der Waals surface area contributed by atoms with Gasteiger partial charge in [-0.3, -0.25) is 4.79 Å². The Hall–Kier alpha value is -1.43. The van der Waals surface area contributed by atoms with E-state index in [0.29, 0.717) is 5.82 Å². The van der Waals surface area contributed by atoms with Gasteiger partial charge in [0.15, 0.2) is 0 Å². The van der Waals surface area contributed by atoms with Crippen molar-refractivity contribution in [2.75, 3.05) is 5.43 Å². The van der Waals surface area contributed by atoms with Crippen LogP contribution in [0.1, 0.15) is 5.82 Å². The number of aromatic amines is 1. The monoisotopic (exact) mass is 141 g/mol. The van der Waals surface area contributed by atoms with Crippen molar-refractivity contribution in [3.63, 3.8) is 0 Å². The third-order valence-electron chi connectivity index (χ3n) is 0.946. The van der Waals surface area contributed by atoms with Gasteiger partial charge in [-0.05, 0) is 6.92 Å². The molecule has 0 aromatic carbocycles. The average molecular weight is 141 g/mol. The van der Waals surface area contributed by atoms with Crippen molar-refractivity contribution in [3.05, 3.63) is 16.2 Å². The van der Waals surface area contributed by atoms with Gasteiger partial charge >= 0.3 is 0 Å². The molecule has 1 heterocycles. The molecule has 1 aromatic rings. The Morgan fingerprint density at radius 2 is 2.30 bits per heavy atom. The number of H-pyrrole nitrogens is 1. The summed E-state index contributed by atoms with van der Waals surface area (Å²) in [7, 11) is 0. The molecule has 0 unspecified atom stereocenters. The molecule has 0 atom stereocenters. The number of rotatable bonds is 1. The molecule has 0 aliphatic rings. The topological polar surface area (TPSA) is 96.7 Å². The lowest BCUT2D eigenvalue weighted by Gasteiger charge is -1.94. The van der Waals surface area contributed by atoms with Gasteiger partial charge in [-0.15, -0.1) is 10.2 Å². The van der Waals surface area contributed by atoms with Gasteiger partial charge < -0.3 is 10.4 Å². The van der Waals surface area contributed by atoms with Crippen LogP contribution in [0.5, 0.6) is 0 Å². The molecule has 0 spiro atoms. The van der Waals surface area contributed by atoms with Crippen LogP contribution in [0.15, 0.2) is 4.79 Å². The minimum absolute atomic E-state index is 0.0191.